The number of rotatable bonds is 6. The molecular formula is C23H26N2O4. The largest absolute Gasteiger partial charge is 0.497 e. The van der Waals surface area contributed by atoms with Crippen molar-refractivity contribution in [2.45, 2.75) is 31.7 Å². The Morgan fingerprint density at radius 3 is 2.66 bits per heavy atom. The van der Waals surface area contributed by atoms with E-state index in [0.717, 1.165) is 41.8 Å². The maximum Gasteiger partial charge on any atom is 0.224 e. The van der Waals surface area contributed by atoms with Gasteiger partial charge in [0.1, 0.15) is 5.75 Å². The maximum atomic E-state index is 12.7. The first-order chi connectivity index (χ1) is 14.1. The third-order valence-electron chi connectivity index (χ3n) is 5.56. The van der Waals surface area contributed by atoms with Crippen LogP contribution in [0, 0.1) is 0 Å². The first-order valence-electron chi connectivity index (χ1n) is 9.81. The van der Waals surface area contributed by atoms with Gasteiger partial charge in [-0.1, -0.05) is 6.07 Å². The van der Waals surface area contributed by atoms with Crippen LogP contribution in [0.3, 0.4) is 0 Å². The molecule has 1 aromatic heterocycles. The number of hydrogen-bond acceptors (Lipinski definition) is 4. The molecule has 0 spiro atoms. The Bertz CT molecular complexity index is 1040. The second-order valence-electron chi connectivity index (χ2n) is 7.31. The van der Waals surface area contributed by atoms with Gasteiger partial charge < -0.3 is 24.5 Å². The molecule has 1 amide bonds. The molecule has 6 heteroatoms. The molecule has 0 aliphatic heterocycles. The highest BCUT2D eigenvalue weighted by Crippen LogP contribution is 2.36. The second-order valence-corrected chi connectivity index (χ2v) is 7.31. The molecule has 0 radical (unpaired) electrons. The number of H-pyrrole nitrogens is 1. The van der Waals surface area contributed by atoms with Gasteiger partial charge in [-0.25, -0.2) is 0 Å². The fraction of sp³-hybridized carbons (Fsp3) is 0.348. The van der Waals surface area contributed by atoms with Crippen molar-refractivity contribution < 1.29 is 19.0 Å². The van der Waals surface area contributed by atoms with E-state index < -0.39 is 0 Å². The molecule has 4 rings (SSSR count). The lowest BCUT2D eigenvalue weighted by atomic mass is 9.91. The van der Waals surface area contributed by atoms with E-state index in [1.807, 2.05) is 30.3 Å². The van der Waals surface area contributed by atoms with Crippen molar-refractivity contribution in [3.05, 3.63) is 53.2 Å². The number of hydrogen-bond donors (Lipinski definition) is 2. The SMILES string of the molecule is COc1ccc2[nH]c3c(c2c1)CCC[C@@H]3NC(=O)Cc1ccc(OC)c(OC)c1. The Hall–Kier alpha value is -3.15. The van der Waals surface area contributed by atoms with E-state index in [1.54, 1.807) is 21.3 Å². The Kier molecular flexibility index (Phi) is 5.34. The van der Waals surface area contributed by atoms with Gasteiger partial charge >= 0.3 is 0 Å². The maximum absolute atomic E-state index is 12.7. The van der Waals surface area contributed by atoms with Crippen LogP contribution in [0.2, 0.25) is 0 Å². The van der Waals surface area contributed by atoms with Crippen LogP contribution in [0.15, 0.2) is 36.4 Å². The Morgan fingerprint density at radius 1 is 1.07 bits per heavy atom. The van der Waals surface area contributed by atoms with Crippen LogP contribution in [0.4, 0.5) is 0 Å². The number of aryl methyl sites for hydroxylation is 1. The third-order valence-corrected chi connectivity index (χ3v) is 5.56. The standard InChI is InChI=1S/C23H26N2O4/c1-27-15-8-9-18-17(13-15)16-5-4-6-19(23(16)25-18)24-22(26)12-14-7-10-20(28-2)21(11-14)29-3/h7-11,13,19,25H,4-6,12H2,1-3H3,(H,24,26)/t19-/m0/s1. The second kappa shape index (κ2) is 8.07. The zero-order chi connectivity index (χ0) is 20.4. The van der Waals surface area contributed by atoms with E-state index in [-0.39, 0.29) is 11.9 Å². The van der Waals surface area contributed by atoms with Crippen LogP contribution in [-0.2, 0) is 17.6 Å². The van der Waals surface area contributed by atoms with Gasteiger partial charge in [0.15, 0.2) is 11.5 Å². The molecule has 2 N–H and O–H groups in total. The lowest BCUT2D eigenvalue weighted by Gasteiger charge is -2.24. The topological polar surface area (TPSA) is 72.6 Å². The summed E-state index contributed by atoms with van der Waals surface area (Å²) in [7, 11) is 4.87. The molecule has 1 atom stereocenters. The fourth-order valence-corrected chi connectivity index (χ4v) is 4.13. The summed E-state index contributed by atoms with van der Waals surface area (Å²) in [6.45, 7) is 0. The minimum absolute atomic E-state index is 0.00805. The van der Waals surface area contributed by atoms with Crippen LogP contribution in [-0.4, -0.2) is 32.2 Å². The lowest BCUT2D eigenvalue weighted by molar-refractivity contribution is -0.121. The Labute approximate surface area is 170 Å². The van der Waals surface area contributed by atoms with Crippen molar-refractivity contribution in [2.75, 3.05) is 21.3 Å². The smallest absolute Gasteiger partial charge is 0.224 e. The molecule has 6 nitrogen and oxygen atoms in total. The van der Waals surface area contributed by atoms with E-state index in [2.05, 4.69) is 16.4 Å². The molecule has 1 aliphatic carbocycles. The molecule has 1 heterocycles. The number of carbonyl (C=O) groups is 1. The molecule has 2 aromatic carbocycles. The van der Waals surface area contributed by atoms with Gasteiger partial charge in [0.2, 0.25) is 5.91 Å². The molecule has 0 saturated heterocycles. The van der Waals surface area contributed by atoms with Gasteiger partial charge in [-0.05, 0) is 60.7 Å². The molecule has 0 unspecified atom stereocenters. The number of ether oxygens (including phenoxy) is 3. The van der Waals surface area contributed by atoms with Crippen molar-refractivity contribution >= 4 is 16.8 Å². The Balaban J connectivity index is 1.53. The van der Waals surface area contributed by atoms with Crippen molar-refractivity contribution in [1.82, 2.24) is 10.3 Å². The van der Waals surface area contributed by atoms with Crippen LogP contribution < -0.4 is 19.5 Å². The minimum Gasteiger partial charge on any atom is -0.497 e. The van der Waals surface area contributed by atoms with Crippen molar-refractivity contribution in [1.29, 1.82) is 0 Å². The summed E-state index contributed by atoms with van der Waals surface area (Å²) in [4.78, 5) is 16.3. The van der Waals surface area contributed by atoms with Gasteiger partial charge in [-0.15, -0.1) is 0 Å². The van der Waals surface area contributed by atoms with E-state index in [1.165, 1.54) is 10.9 Å². The minimum atomic E-state index is -0.00945. The van der Waals surface area contributed by atoms with E-state index in [4.69, 9.17) is 14.2 Å². The lowest BCUT2D eigenvalue weighted by Crippen LogP contribution is -2.32. The van der Waals surface area contributed by atoms with Crippen molar-refractivity contribution in [2.24, 2.45) is 0 Å². The van der Waals surface area contributed by atoms with Crippen LogP contribution in [0.5, 0.6) is 17.2 Å². The number of nitrogens with one attached hydrogen (secondary N) is 2. The summed E-state index contributed by atoms with van der Waals surface area (Å²) in [5, 5.41) is 4.38. The molecule has 0 bridgehead atoms. The average molecular weight is 394 g/mol. The monoisotopic (exact) mass is 394 g/mol. The highest BCUT2D eigenvalue weighted by Gasteiger charge is 2.26. The normalized spacial score (nSPS) is 15.6. The van der Waals surface area contributed by atoms with Crippen LogP contribution >= 0.6 is 0 Å². The zero-order valence-corrected chi connectivity index (χ0v) is 17.0. The Morgan fingerprint density at radius 2 is 1.90 bits per heavy atom. The molecule has 152 valence electrons. The van der Waals surface area contributed by atoms with Gasteiger partial charge in [0, 0.05) is 16.6 Å². The molecule has 3 aromatic rings. The number of fused-ring (bicyclic) bond motifs is 3. The van der Waals surface area contributed by atoms with Gasteiger partial charge in [-0.2, -0.15) is 0 Å². The van der Waals surface area contributed by atoms with Crippen LogP contribution in [0.25, 0.3) is 10.9 Å². The summed E-state index contributed by atoms with van der Waals surface area (Å²) < 4.78 is 16.0. The summed E-state index contributed by atoms with van der Waals surface area (Å²) in [6, 6.07) is 11.6. The summed E-state index contributed by atoms with van der Waals surface area (Å²) in [6.07, 6.45) is 3.26. The van der Waals surface area contributed by atoms with Gasteiger partial charge in [-0.3, -0.25) is 4.79 Å². The fourth-order valence-electron chi connectivity index (χ4n) is 4.13. The highest BCUT2D eigenvalue weighted by molar-refractivity contribution is 5.87. The summed E-state index contributed by atoms with van der Waals surface area (Å²) in [5.74, 6) is 2.12. The summed E-state index contributed by atoms with van der Waals surface area (Å²) in [5.41, 5.74) is 4.36. The third kappa shape index (κ3) is 3.75. The molecule has 0 saturated carbocycles. The van der Waals surface area contributed by atoms with Gasteiger partial charge in [0.25, 0.3) is 0 Å². The molecule has 1 aliphatic rings. The number of carbonyl (C=O) groups excluding carboxylic acids is 1. The number of methoxy groups -OCH3 is 3. The predicted octanol–water partition coefficient (Wildman–Crippen LogP) is 3.93. The molecule has 0 fully saturated rings. The predicted molar refractivity (Wildman–Crippen MR) is 112 cm³/mol. The first-order valence-corrected chi connectivity index (χ1v) is 9.81. The van der Waals surface area contributed by atoms with Crippen molar-refractivity contribution in [3.8, 4) is 17.2 Å². The number of benzene rings is 2. The number of amides is 1. The van der Waals surface area contributed by atoms with E-state index in [9.17, 15) is 4.79 Å². The average Bonchev–Trinajstić information content (AvgIpc) is 3.12. The first kappa shape index (κ1) is 19.2. The van der Waals surface area contributed by atoms with Gasteiger partial charge in [0.05, 0.1) is 33.8 Å². The molecule has 29 heavy (non-hydrogen) atoms. The van der Waals surface area contributed by atoms with E-state index >= 15 is 0 Å². The summed E-state index contributed by atoms with van der Waals surface area (Å²) >= 11 is 0. The molecular weight excluding hydrogens is 368 g/mol. The van der Waals surface area contributed by atoms with Crippen LogP contribution in [0.1, 0.15) is 35.7 Å². The van der Waals surface area contributed by atoms with E-state index in [0.29, 0.717) is 17.9 Å². The quantitative estimate of drug-likeness (QED) is 0.664. The van der Waals surface area contributed by atoms with Crippen molar-refractivity contribution in [3.63, 3.8) is 0 Å². The highest BCUT2D eigenvalue weighted by atomic mass is 16.5. The zero-order valence-electron chi connectivity index (χ0n) is 17.0. The number of aromatic amines is 1. The number of aromatic nitrogens is 1.